The molecule has 2 aromatic heterocycles. The van der Waals surface area contributed by atoms with E-state index in [1.54, 1.807) is 30.6 Å². The summed E-state index contributed by atoms with van der Waals surface area (Å²) in [5, 5.41) is 1.58. The SMILES string of the molecule is O=C(Cl)c1ccnc2c1cnc1cc(Cl)ccc12. The first-order valence-corrected chi connectivity index (χ1v) is 5.95. The molecular weight excluding hydrogens is 271 g/mol. The largest absolute Gasteiger partial charge is 0.276 e. The Balaban J connectivity index is 2.49. The number of nitrogens with zero attached hydrogens (tertiary/aromatic N) is 2. The number of pyridine rings is 2. The number of hydrogen-bond donors (Lipinski definition) is 0. The summed E-state index contributed by atoms with van der Waals surface area (Å²) in [6, 6.07) is 6.94. The van der Waals surface area contributed by atoms with Crippen molar-refractivity contribution in [3.8, 4) is 0 Å². The van der Waals surface area contributed by atoms with E-state index in [1.165, 1.54) is 0 Å². The highest BCUT2D eigenvalue weighted by Crippen LogP contribution is 2.26. The molecule has 0 radical (unpaired) electrons. The molecule has 0 aliphatic heterocycles. The van der Waals surface area contributed by atoms with Crippen molar-refractivity contribution in [2.24, 2.45) is 0 Å². The first kappa shape index (κ1) is 11.4. The van der Waals surface area contributed by atoms with Crippen molar-refractivity contribution < 1.29 is 4.79 Å². The number of carbonyl (C=O) groups is 1. The third-order valence-electron chi connectivity index (χ3n) is 2.75. The fourth-order valence-electron chi connectivity index (χ4n) is 1.94. The minimum absolute atomic E-state index is 0.408. The highest BCUT2D eigenvalue weighted by Gasteiger charge is 2.11. The normalized spacial score (nSPS) is 11.0. The van der Waals surface area contributed by atoms with Crippen molar-refractivity contribution in [1.82, 2.24) is 9.97 Å². The van der Waals surface area contributed by atoms with Crippen LogP contribution in [0.2, 0.25) is 5.02 Å². The van der Waals surface area contributed by atoms with E-state index in [9.17, 15) is 4.79 Å². The van der Waals surface area contributed by atoms with Gasteiger partial charge < -0.3 is 0 Å². The topological polar surface area (TPSA) is 42.9 Å². The first-order chi connectivity index (χ1) is 8.66. The lowest BCUT2D eigenvalue weighted by Crippen LogP contribution is -1.94. The smallest absolute Gasteiger partial charge is 0.253 e. The third-order valence-corrected chi connectivity index (χ3v) is 3.19. The summed E-state index contributed by atoms with van der Waals surface area (Å²) in [5.41, 5.74) is 1.84. The van der Waals surface area contributed by atoms with Crippen molar-refractivity contribution in [1.29, 1.82) is 0 Å². The standard InChI is InChI=1S/C13H6Cl2N2O/c14-7-1-2-9-11(5-7)17-6-10-8(13(15)18)3-4-16-12(9)10/h1-6H. The predicted octanol–water partition coefficient (Wildman–Crippen LogP) is 3.82. The van der Waals surface area contributed by atoms with Crippen molar-refractivity contribution in [3.63, 3.8) is 0 Å². The van der Waals surface area contributed by atoms with Gasteiger partial charge in [-0.25, -0.2) is 0 Å². The minimum atomic E-state index is -0.516. The summed E-state index contributed by atoms with van der Waals surface area (Å²) in [6.45, 7) is 0. The molecule has 18 heavy (non-hydrogen) atoms. The molecule has 3 nitrogen and oxygen atoms in total. The molecule has 0 unspecified atom stereocenters. The summed E-state index contributed by atoms with van der Waals surface area (Å²) in [7, 11) is 0. The molecule has 0 aliphatic rings. The van der Waals surface area contributed by atoms with E-state index in [0.717, 1.165) is 10.9 Å². The molecule has 0 N–H and O–H groups in total. The Morgan fingerprint density at radius 1 is 1.11 bits per heavy atom. The maximum Gasteiger partial charge on any atom is 0.253 e. The van der Waals surface area contributed by atoms with E-state index >= 15 is 0 Å². The second-order valence-electron chi connectivity index (χ2n) is 3.81. The molecule has 0 atom stereocenters. The molecule has 5 heteroatoms. The molecule has 0 amide bonds. The Labute approximate surface area is 112 Å². The fraction of sp³-hybridized carbons (Fsp3) is 0. The number of rotatable bonds is 1. The van der Waals surface area contributed by atoms with Crippen LogP contribution in [0.1, 0.15) is 10.4 Å². The van der Waals surface area contributed by atoms with Gasteiger partial charge in [0.15, 0.2) is 0 Å². The van der Waals surface area contributed by atoms with E-state index in [1.807, 2.05) is 6.07 Å². The van der Waals surface area contributed by atoms with Gasteiger partial charge in [0, 0.05) is 33.8 Å². The van der Waals surface area contributed by atoms with Crippen LogP contribution in [0.25, 0.3) is 21.8 Å². The second kappa shape index (κ2) is 4.19. The molecule has 1 aromatic carbocycles. The predicted molar refractivity (Wildman–Crippen MR) is 72.2 cm³/mol. The number of aromatic nitrogens is 2. The quantitative estimate of drug-likeness (QED) is 0.501. The fourth-order valence-corrected chi connectivity index (χ4v) is 2.27. The summed E-state index contributed by atoms with van der Waals surface area (Å²) in [4.78, 5) is 19.9. The molecule has 2 heterocycles. The van der Waals surface area contributed by atoms with Crippen molar-refractivity contribution in [2.45, 2.75) is 0 Å². The molecule has 88 valence electrons. The highest BCUT2D eigenvalue weighted by atomic mass is 35.5. The molecule has 3 aromatic rings. The molecule has 3 rings (SSSR count). The van der Waals surface area contributed by atoms with Crippen LogP contribution < -0.4 is 0 Å². The van der Waals surface area contributed by atoms with E-state index in [2.05, 4.69) is 9.97 Å². The second-order valence-corrected chi connectivity index (χ2v) is 4.59. The molecule has 0 bridgehead atoms. The van der Waals surface area contributed by atoms with Crippen LogP contribution in [0, 0.1) is 0 Å². The van der Waals surface area contributed by atoms with Crippen LogP contribution in [-0.4, -0.2) is 15.2 Å². The Morgan fingerprint density at radius 3 is 2.72 bits per heavy atom. The van der Waals surface area contributed by atoms with Crippen LogP contribution in [0.5, 0.6) is 0 Å². The van der Waals surface area contributed by atoms with Gasteiger partial charge in [-0.3, -0.25) is 14.8 Å². The monoisotopic (exact) mass is 276 g/mol. The zero-order chi connectivity index (χ0) is 12.7. The van der Waals surface area contributed by atoms with Crippen molar-refractivity contribution in [2.75, 3.05) is 0 Å². The van der Waals surface area contributed by atoms with Crippen molar-refractivity contribution in [3.05, 3.63) is 47.2 Å². The molecule has 0 saturated heterocycles. The average Bonchev–Trinajstić information content (AvgIpc) is 2.37. The number of hydrogen-bond acceptors (Lipinski definition) is 3. The van der Waals surface area contributed by atoms with Gasteiger partial charge in [-0.2, -0.15) is 0 Å². The van der Waals surface area contributed by atoms with Gasteiger partial charge >= 0.3 is 0 Å². The Bertz CT molecular complexity index is 786. The maximum atomic E-state index is 11.3. The first-order valence-electron chi connectivity index (χ1n) is 5.19. The number of halogens is 2. The number of carbonyl (C=O) groups excluding carboxylic acids is 1. The molecule has 0 spiro atoms. The Morgan fingerprint density at radius 2 is 1.94 bits per heavy atom. The lowest BCUT2D eigenvalue weighted by molar-refractivity contribution is 0.108. The summed E-state index contributed by atoms with van der Waals surface area (Å²) >= 11 is 11.5. The van der Waals surface area contributed by atoms with Gasteiger partial charge in [0.25, 0.3) is 5.24 Å². The lowest BCUT2D eigenvalue weighted by atomic mass is 10.1. The van der Waals surface area contributed by atoms with Crippen LogP contribution in [0.4, 0.5) is 0 Å². The number of fused-ring (bicyclic) bond motifs is 3. The Kier molecular flexibility index (Phi) is 2.65. The van der Waals surface area contributed by atoms with Crippen LogP contribution >= 0.6 is 23.2 Å². The average molecular weight is 277 g/mol. The molecule has 0 fully saturated rings. The molecular formula is C13H6Cl2N2O. The third kappa shape index (κ3) is 1.72. The zero-order valence-corrected chi connectivity index (χ0v) is 10.5. The van der Waals surface area contributed by atoms with E-state index in [4.69, 9.17) is 23.2 Å². The summed E-state index contributed by atoms with van der Waals surface area (Å²) in [5.74, 6) is 0. The van der Waals surface area contributed by atoms with E-state index in [0.29, 0.717) is 21.5 Å². The van der Waals surface area contributed by atoms with E-state index in [-0.39, 0.29) is 0 Å². The van der Waals surface area contributed by atoms with Crippen LogP contribution in [0.3, 0.4) is 0 Å². The van der Waals surface area contributed by atoms with Crippen molar-refractivity contribution >= 4 is 50.3 Å². The molecule has 0 aliphatic carbocycles. The van der Waals surface area contributed by atoms with Gasteiger partial charge in [0.2, 0.25) is 0 Å². The van der Waals surface area contributed by atoms with Crippen LogP contribution in [-0.2, 0) is 0 Å². The summed E-state index contributed by atoms with van der Waals surface area (Å²) in [6.07, 6.45) is 3.16. The van der Waals surface area contributed by atoms with Gasteiger partial charge in [0.1, 0.15) is 0 Å². The van der Waals surface area contributed by atoms with Gasteiger partial charge in [-0.1, -0.05) is 11.6 Å². The highest BCUT2D eigenvalue weighted by molar-refractivity contribution is 6.68. The molecule has 0 saturated carbocycles. The van der Waals surface area contributed by atoms with E-state index < -0.39 is 5.24 Å². The lowest BCUT2D eigenvalue weighted by Gasteiger charge is -2.05. The number of benzene rings is 1. The van der Waals surface area contributed by atoms with Crippen LogP contribution in [0.15, 0.2) is 36.7 Å². The maximum absolute atomic E-state index is 11.3. The summed E-state index contributed by atoms with van der Waals surface area (Å²) < 4.78 is 0. The Hall–Kier alpha value is -1.71. The zero-order valence-electron chi connectivity index (χ0n) is 9.02. The van der Waals surface area contributed by atoms with Gasteiger partial charge in [0.05, 0.1) is 11.0 Å². The van der Waals surface area contributed by atoms with Gasteiger partial charge in [-0.15, -0.1) is 0 Å². The van der Waals surface area contributed by atoms with Gasteiger partial charge in [-0.05, 0) is 35.9 Å². The minimum Gasteiger partial charge on any atom is -0.276 e.